The molecule has 5 fully saturated rings. The monoisotopic (exact) mass is 838 g/mol. The van der Waals surface area contributed by atoms with E-state index in [1.165, 1.54) is 33.3 Å². The van der Waals surface area contributed by atoms with E-state index in [0.717, 1.165) is 55.4 Å². The van der Waals surface area contributed by atoms with E-state index in [2.05, 4.69) is 55.9 Å². The average molecular weight is 839 g/mol. The molecule has 19 nitrogen and oxygen atoms in total. The van der Waals surface area contributed by atoms with Gasteiger partial charge in [-0.2, -0.15) is 8.78 Å². The summed E-state index contributed by atoms with van der Waals surface area (Å²) in [6, 6.07) is 6.89. The van der Waals surface area contributed by atoms with E-state index in [1.807, 2.05) is 12.4 Å². The van der Waals surface area contributed by atoms with Gasteiger partial charge >= 0.3 is 18.7 Å². The van der Waals surface area contributed by atoms with Crippen LogP contribution >= 0.6 is 0 Å². The molecule has 0 radical (unpaired) electrons. The van der Waals surface area contributed by atoms with Crippen LogP contribution in [0.15, 0.2) is 61.4 Å². The molecule has 9 rings (SSSR count). The number of alkyl halides is 2. The molecular formula is C40H44F2N14O5. The number of urea groups is 2. The van der Waals surface area contributed by atoms with E-state index >= 15 is 0 Å². The largest absolute Gasteiger partial charge is 0.432 e. The number of hydrogen-bond donors (Lipinski definition) is 4. The summed E-state index contributed by atoms with van der Waals surface area (Å²) in [5.41, 5.74) is 1.95. The fraction of sp³-hybridized carbons (Fsp3) is 0.450. The molecule has 0 spiro atoms. The van der Waals surface area contributed by atoms with Crippen LogP contribution in [-0.4, -0.2) is 121 Å². The van der Waals surface area contributed by atoms with Crippen molar-refractivity contribution in [2.45, 2.75) is 81.6 Å². The van der Waals surface area contributed by atoms with E-state index in [-0.39, 0.29) is 78.7 Å². The highest BCUT2D eigenvalue weighted by Crippen LogP contribution is 2.48. The Bertz CT molecular complexity index is 2260. The lowest BCUT2D eigenvalue weighted by molar-refractivity contribution is -0.125. The van der Waals surface area contributed by atoms with Crippen molar-refractivity contribution in [1.82, 2.24) is 39.7 Å². The normalized spacial score (nSPS) is 24.9. The maximum Gasteiger partial charge on any atom is 0.387 e. The van der Waals surface area contributed by atoms with Crippen LogP contribution in [0, 0.1) is 5.92 Å². The molecule has 4 N–H and O–H groups in total. The van der Waals surface area contributed by atoms with Crippen molar-refractivity contribution in [3.05, 3.63) is 67.0 Å². The quantitative estimate of drug-likeness (QED) is 0.121. The van der Waals surface area contributed by atoms with Gasteiger partial charge in [0.2, 0.25) is 11.9 Å². The fourth-order valence-corrected chi connectivity index (χ4v) is 8.55. The summed E-state index contributed by atoms with van der Waals surface area (Å²) in [6.07, 6.45) is 15.1. The lowest BCUT2D eigenvalue weighted by Crippen LogP contribution is -2.34. The third-order valence-electron chi connectivity index (χ3n) is 11.8. The summed E-state index contributed by atoms with van der Waals surface area (Å²) in [5, 5.41) is 13.5. The molecule has 6 heterocycles. The minimum Gasteiger partial charge on any atom is -0.432 e. The maximum absolute atomic E-state index is 13.4. The Morgan fingerprint density at radius 2 is 1.21 bits per heavy atom. The molecule has 3 aliphatic carbocycles. The van der Waals surface area contributed by atoms with Crippen LogP contribution in [0.1, 0.15) is 56.4 Å². The van der Waals surface area contributed by atoms with Gasteiger partial charge in [0.1, 0.15) is 24.7 Å². The highest BCUT2D eigenvalue weighted by Gasteiger charge is 2.46. The number of carbonyl (C=O) groups is 4. The van der Waals surface area contributed by atoms with E-state index < -0.39 is 6.61 Å². The highest BCUT2D eigenvalue weighted by molar-refractivity contribution is 6.19. The molecule has 2 saturated heterocycles. The predicted octanol–water partition coefficient (Wildman–Crippen LogP) is 4.52. The zero-order valence-electron chi connectivity index (χ0n) is 33.2. The molecule has 21 heteroatoms. The van der Waals surface area contributed by atoms with E-state index in [9.17, 15) is 28.0 Å². The molecule has 5 aliphatic rings. The minimum atomic E-state index is -2.94. The molecule has 0 aromatic carbocycles. The van der Waals surface area contributed by atoms with E-state index in [0.29, 0.717) is 41.5 Å². The minimum absolute atomic E-state index is 0.0524. The van der Waals surface area contributed by atoms with Gasteiger partial charge in [0.05, 0.1) is 36.2 Å². The third-order valence-corrected chi connectivity index (χ3v) is 11.8. The van der Waals surface area contributed by atoms with Crippen molar-refractivity contribution < 1.29 is 32.7 Å². The number of hydrogen-bond acceptors (Lipinski definition) is 15. The summed E-state index contributed by atoms with van der Waals surface area (Å²) in [4.78, 5) is 82.4. The van der Waals surface area contributed by atoms with Crippen LogP contribution in [0.4, 0.5) is 53.3 Å². The molecule has 4 aromatic rings. The first kappa shape index (κ1) is 39.6. The first-order valence-electron chi connectivity index (χ1n) is 20.3. The molecule has 2 unspecified atom stereocenters. The third kappa shape index (κ3) is 8.90. The Morgan fingerprint density at radius 1 is 0.656 bits per heavy atom. The number of likely N-dealkylation sites (N-methyl/N-ethyl adjacent to an activating group) is 1. The molecule has 6 amide bonds. The molecule has 4 aromatic heterocycles. The van der Waals surface area contributed by atoms with Crippen LogP contribution in [0.2, 0.25) is 0 Å². The van der Waals surface area contributed by atoms with Gasteiger partial charge in [-0.25, -0.2) is 44.4 Å². The van der Waals surface area contributed by atoms with Gasteiger partial charge in [-0.3, -0.25) is 19.4 Å². The Balaban J connectivity index is 0.701. The number of rotatable bonds is 15. The van der Waals surface area contributed by atoms with Crippen molar-refractivity contribution in [2.75, 3.05) is 57.7 Å². The number of carbonyl (C=O) groups excluding carboxylic acids is 4. The van der Waals surface area contributed by atoms with Gasteiger partial charge in [-0.1, -0.05) is 0 Å². The fourth-order valence-electron chi connectivity index (χ4n) is 8.55. The van der Waals surface area contributed by atoms with E-state index in [4.69, 9.17) is 0 Å². The van der Waals surface area contributed by atoms with Crippen molar-refractivity contribution in [3.8, 4) is 5.75 Å². The highest BCUT2D eigenvalue weighted by atomic mass is 19.3. The number of pyridine rings is 2. The number of amides is 6. The van der Waals surface area contributed by atoms with Gasteiger partial charge in [0.25, 0.3) is 11.8 Å². The van der Waals surface area contributed by atoms with Crippen LogP contribution in [0.3, 0.4) is 0 Å². The van der Waals surface area contributed by atoms with Crippen LogP contribution < -0.4 is 35.8 Å². The van der Waals surface area contributed by atoms with Gasteiger partial charge in [0.15, 0.2) is 5.75 Å². The number of aromatic nitrogens is 6. The number of nitrogens with one attached hydrogen (secondary N) is 4. The molecule has 2 aliphatic heterocycles. The van der Waals surface area contributed by atoms with Crippen molar-refractivity contribution >= 4 is 58.8 Å². The van der Waals surface area contributed by atoms with Gasteiger partial charge < -0.3 is 30.9 Å². The van der Waals surface area contributed by atoms with Crippen LogP contribution in [-0.2, 0) is 9.59 Å². The van der Waals surface area contributed by atoms with Gasteiger partial charge in [-0.15, -0.1) is 0 Å². The average Bonchev–Trinajstić information content (AvgIpc) is 3.42. The summed E-state index contributed by atoms with van der Waals surface area (Å²) < 4.78 is 29.1. The lowest BCUT2D eigenvalue weighted by Gasteiger charge is -2.18. The molecular weight excluding hydrogens is 795 g/mol. The standard InChI is InChI=1S/C40H44F2N14O5/c1-53-20-35(58)56(39(53)59)29-7-9-33(44-16-29)50-25-2-4-26(11-25)51-37-45-13-23(14-46-37)31-10-22(31)19-55-34(57)21-54(40(55)60)28-6-8-32(43-15-28)49-24-3-5-27(12-24)52-38-47-17-30(18-48-38)61-36(41)42/h6-9,13-18,22,24-27,31,36H,2-5,10-12,19-21H2,1H3,(H,43,49)(H,44,50)(H,45,46,51)(H,47,48,52)/t22?,24-,25-,26-,27-,31?/m0/s1. The number of ether oxygens (including phenoxy) is 1. The Kier molecular flexibility index (Phi) is 10.8. The number of nitrogens with zero attached hydrogens (tertiary/aromatic N) is 10. The predicted molar refractivity (Wildman–Crippen MR) is 217 cm³/mol. The second-order valence-corrected chi connectivity index (χ2v) is 16.1. The Hall–Kier alpha value is -6.80. The lowest BCUT2D eigenvalue weighted by atomic mass is 10.2. The summed E-state index contributed by atoms with van der Waals surface area (Å²) in [5.74, 6) is 1.83. The van der Waals surface area contributed by atoms with Gasteiger partial charge in [-0.05, 0) is 86.6 Å². The topological polar surface area (TPSA) is 216 Å². The van der Waals surface area contributed by atoms with Crippen molar-refractivity contribution in [2.24, 2.45) is 5.92 Å². The van der Waals surface area contributed by atoms with E-state index in [1.54, 1.807) is 37.5 Å². The van der Waals surface area contributed by atoms with Crippen molar-refractivity contribution in [3.63, 3.8) is 0 Å². The first-order chi connectivity index (χ1) is 29.5. The first-order valence-corrected chi connectivity index (χ1v) is 20.3. The number of halogens is 2. The van der Waals surface area contributed by atoms with Gasteiger partial charge in [0, 0.05) is 50.2 Å². The smallest absolute Gasteiger partial charge is 0.387 e. The molecule has 61 heavy (non-hydrogen) atoms. The molecule has 3 saturated carbocycles. The summed E-state index contributed by atoms with van der Waals surface area (Å²) in [7, 11) is 1.59. The molecule has 0 bridgehead atoms. The Labute approximate surface area is 348 Å². The Morgan fingerprint density at radius 3 is 1.74 bits per heavy atom. The van der Waals surface area contributed by atoms with Crippen molar-refractivity contribution in [1.29, 1.82) is 0 Å². The second-order valence-electron chi connectivity index (χ2n) is 16.1. The number of anilines is 6. The molecule has 318 valence electrons. The maximum atomic E-state index is 13.4. The summed E-state index contributed by atoms with van der Waals surface area (Å²) in [6.45, 7) is -2.62. The SMILES string of the molecule is CN1CC(=O)N(c2ccc(N[C@H]3CC[C@H](Nc4ncc(C5CC5CN5C(=O)CN(c6ccc(N[C@H]7CC[C@H](Nc8ncc(OC(F)F)cn8)C7)nc6)C5=O)cn4)C3)nc2)C1=O. The van der Waals surface area contributed by atoms with Crippen LogP contribution in [0.5, 0.6) is 5.75 Å². The second kappa shape index (κ2) is 16.7. The van der Waals surface area contributed by atoms with Crippen LogP contribution in [0.25, 0.3) is 0 Å². The number of imide groups is 2. The zero-order chi connectivity index (χ0) is 42.2. The zero-order valence-corrected chi connectivity index (χ0v) is 33.2. The summed E-state index contributed by atoms with van der Waals surface area (Å²) >= 11 is 0. The molecule has 6 atom stereocenters.